The number of methoxy groups -OCH3 is 2. The number of aryl methyl sites for hydroxylation is 1. The van der Waals surface area contributed by atoms with Gasteiger partial charge in [0.1, 0.15) is 12.4 Å². The predicted molar refractivity (Wildman–Crippen MR) is 207 cm³/mol. The molecule has 1 aromatic heterocycles. The fourth-order valence-corrected chi connectivity index (χ4v) is 8.58. The molecular weight excluding hydrogens is 725 g/mol. The summed E-state index contributed by atoms with van der Waals surface area (Å²) in [5.74, 6) is 1.35. The summed E-state index contributed by atoms with van der Waals surface area (Å²) in [6.45, 7) is 9.48. The highest BCUT2D eigenvalue weighted by atomic mass is 32.2. The Labute approximate surface area is 324 Å². The smallest absolute Gasteiger partial charge is 0.243 e. The number of aromatic nitrogens is 4. The van der Waals surface area contributed by atoms with Crippen molar-refractivity contribution in [1.29, 1.82) is 0 Å². The van der Waals surface area contributed by atoms with Crippen molar-refractivity contribution in [3.05, 3.63) is 94.8 Å². The third-order valence-corrected chi connectivity index (χ3v) is 11.8. The van der Waals surface area contributed by atoms with Gasteiger partial charge < -0.3 is 33.3 Å². The van der Waals surface area contributed by atoms with Gasteiger partial charge >= 0.3 is 0 Å². The molecule has 0 amide bonds. The number of piperidine rings is 1. The molecule has 0 bridgehead atoms. The zero-order valence-corrected chi connectivity index (χ0v) is 33.1. The number of H-pyrrole nitrogens is 1. The summed E-state index contributed by atoms with van der Waals surface area (Å²) in [6, 6.07) is 21.3. The number of sulfonamides is 1. The molecule has 1 saturated heterocycles. The number of aromatic amines is 1. The predicted octanol–water partition coefficient (Wildman–Crippen LogP) is 4.54. The molecule has 55 heavy (non-hydrogen) atoms. The van der Waals surface area contributed by atoms with Gasteiger partial charge in [0.2, 0.25) is 10.0 Å². The first-order valence-corrected chi connectivity index (χ1v) is 20.4. The first-order chi connectivity index (χ1) is 26.7. The first-order valence-electron chi connectivity index (χ1n) is 18.9. The zero-order chi connectivity index (χ0) is 38.6. The molecule has 0 unspecified atom stereocenters. The van der Waals surface area contributed by atoms with E-state index in [9.17, 15) is 8.42 Å². The van der Waals surface area contributed by atoms with E-state index in [-0.39, 0.29) is 43.0 Å². The van der Waals surface area contributed by atoms with Gasteiger partial charge in [0.15, 0.2) is 5.82 Å². The average Bonchev–Trinajstić information content (AvgIpc) is 3.71. The van der Waals surface area contributed by atoms with Gasteiger partial charge in [-0.1, -0.05) is 60.2 Å². The van der Waals surface area contributed by atoms with Crippen molar-refractivity contribution in [1.82, 2.24) is 24.9 Å². The molecule has 15 heteroatoms. The summed E-state index contributed by atoms with van der Waals surface area (Å²) in [5.41, 5.74) is 4.98. The van der Waals surface area contributed by atoms with Crippen LogP contribution in [0.1, 0.15) is 47.3 Å². The van der Waals surface area contributed by atoms with Crippen LogP contribution in [0, 0.1) is 12.8 Å². The van der Waals surface area contributed by atoms with Crippen molar-refractivity contribution in [2.24, 2.45) is 5.92 Å². The van der Waals surface area contributed by atoms with E-state index >= 15 is 0 Å². The highest BCUT2D eigenvalue weighted by Gasteiger charge is 2.43. The summed E-state index contributed by atoms with van der Waals surface area (Å²) in [5, 5.41) is 14.3. The number of tetrazole rings is 1. The molecule has 4 aromatic rings. The largest absolute Gasteiger partial charge is 0.490 e. The monoisotopic (exact) mass is 778 g/mol. The number of ether oxygens (including phenoxy) is 6. The van der Waals surface area contributed by atoms with Gasteiger partial charge in [-0.3, -0.25) is 0 Å². The molecule has 3 aromatic carbocycles. The van der Waals surface area contributed by atoms with Gasteiger partial charge in [0.05, 0.1) is 62.4 Å². The van der Waals surface area contributed by atoms with Crippen LogP contribution < -0.4 is 9.64 Å². The molecule has 0 saturated carbocycles. The highest BCUT2D eigenvalue weighted by Crippen LogP contribution is 2.37. The first kappa shape index (κ1) is 40.7. The summed E-state index contributed by atoms with van der Waals surface area (Å²) in [4.78, 5) is 2.55. The van der Waals surface area contributed by atoms with Crippen LogP contribution in [0.4, 0.5) is 5.69 Å². The van der Waals surface area contributed by atoms with Crippen molar-refractivity contribution in [3.63, 3.8) is 0 Å². The lowest BCUT2D eigenvalue weighted by molar-refractivity contribution is -0.0783. The van der Waals surface area contributed by atoms with Gasteiger partial charge in [-0.25, -0.2) is 8.42 Å². The number of nitrogens with one attached hydrogen (secondary N) is 1. The Morgan fingerprint density at radius 1 is 0.909 bits per heavy atom. The van der Waals surface area contributed by atoms with Crippen LogP contribution in [0.25, 0.3) is 0 Å². The van der Waals surface area contributed by atoms with Crippen LogP contribution in [0.2, 0.25) is 0 Å². The van der Waals surface area contributed by atoms with Crippen molar-refractivity contribution < 1.29 is 36.8 Å². The highest BCUT2D eigenvalue weighted by molar-refractivity contribution is 7.89. The second-order valence-corrected chi connectivity index (χ2v) is 16.2. The molecule has 298 valence electrons. The summed E-state index contributed by atoms with van der Waals surface area (Å²) in [6.07, 6.45) is 0.214. The molecule has 1 N–H and O–H groups in total. The molecule has 1 fully saturated rings. The van der Waals surface area contributed by atoms with Crippen molar-refractivity contribution >= 4 is 15.7 Å². The Hall–Kier alpha value is -3.96. The Kier molecular flexibility index (Phi) is 14.6. The third-order valence-electron chi connectivity index (χ3n) is 9.98. The van der Waals surface area contributed by atoms with E-state index in [1.54, 1.807) is 26.4 Å². The quantitative estimate of drug-likeness (QED) is 0.126. The van der Waals surface area contributed by atoms with E-state index < -0.39 is 22.2 Å². The fraction of sp³-hybridized carbons (Fsp3) is 0.525. The van der Waals surface area contributed by atoms with Crippen molar-refractivity contribution in [2.45, 2.75) is 62.9 Å². The fourth-order valence-electron chi connectivity index (χ4n) is 7.12. The number of fused-ring (bicyclic) bond motifs is 1. The molecule has 6 rings (SSSR count). The van der Waals surface area contributed by atoms with Gasteiger partial charge in [0, 0.05) is 58.7 Å². The van der Waals surface area contributed by atoms with Crippen LogP contribution in [0.5, 0.6) is 5.75 Å². The Bertz CT molecular complexity index is 1860. The topological polar surface area (TPSA) is 150 Å². The van der Waals surface area contributed by atoms with Gasteiger partial charge in [0.25, 0.3) is 0 Å². The van der Waals surface area contributed by atoms with Crippen molar-refractivity contribution in [2.75, 3.05) is 78.3 Å². The minimum atomic E-state index is -3.89. The normalized spacial score (nSPS) is 19.6. The maximum absolute atomic E-state index is 14.2. The molecule has 3 heterocycles. The van der Waals surface area contributed by atoms with E-state index in [0.29, 0.717) is 45.3 Å². The molecule has 0 aliphatic carbocycles. The number of rotatable bonds is 20. The average molecular weight is 779 g/mol. The number of benzene rings is 3. The third kappa shape index (κ3) is 10.9. The van der Waals surface area contributed by atoms with E-state index in [1.165, 1.54) is 4.31 Å². The number of nitrogens with zero attached hydrogens (tertiary/aromatic N) is 5. The van der Waals surface area contributed by atoms with Crippen LogP contribution in [-0.2, 0) is 53.3 Å². The van der Waals surface area contributed by atoms with Crippen LogP contribution in [-0.4, -0.2) is 119 Å². The minimum absolute atomic E-state index is 0.141. The lowest BCUT2D eigenvalue weighted by Gasteiger charge is -2.43. The molecular formula is C40H54N6O8S. The molecule has 4 atom stereocenters. The standard InChI is InChI=1S/C40H54N6O8S/c1-29-6-13-34(14-7-29)55(47,48)46-23-37(52-20-16-39-41-43-44-42-39)40(33-11-8-31(9-12-33)27-51-26-30(2)25-50-4)38(24-46)54-28-32-10-15-36-35(22-32)45(18-21-53-36)17-5-19-49-3/h6-15,22,30,37-38,40H,5,16-21,23-28H2,1-4H3,(H,41,42,43,44)/t30-,37+,38-,40-/m0/s1. The lowest BCUT2D eigenvalue weighted by atomic mass is 9.85. The molecule has 0 spiro atoms. The minimum Gasteiger partial charge on any atom is -0.490 e. The maximum Gasteiger partial charge on any atom is 0.243 e. The summed E-state index contributed by atoms with van der Waals surface area (Å²) >= 11 is 0. The van der Waals surface area contributed by atoms with E-state index in [0.717, 1.165) is 53.2 Å². The molecule has 2 aliphatic rings. The number of hydrogen-bond donors (Lipinski definition) is 1. The van der Waals surface area contributed by atoms with Crippen LogP contribution in [0.3, 0.4) is 0 Å². The second-order valence-electron chi connectivity index (χ2n) is 14.3. The summed E-state index contributed by atoms with van der Waals surface area (Å²) < 4.78 is 65.9. The Morgan fingerprint density at radius 3 is 2.40 bits per heavy atom. The van der Waals surface area contributed by atoms with E-state index in [4.69, 9.17) is 28.4 Å². The molecule has 2 aliphatic heterocycles. The number of anilines is 1. The van der Waals surface area contributed by atoms with Gasteiger partial charge in [-0.15, -0.1) is 10.2 Å². The van der Waals surface area contributed by atoms with Gasteiger partial charge in [-0.2, -0.15) is 9.52 Å². The lowest BCUT2D eigenvalue weighted by Crippen LogP contribution is -2.54. The maximum atomic E-state index is 14.2. The number of hydrogen-bond acceptors (Lipinski definition) is 12. The zero-order valence-electron chi connectivity index (χ0n) is 32.3. The second kappa shape index (κ2) is 19.8. The Morgan fingerprint density at radius 2 is 1.67 bits per heavy atom. The summed E-state index contributed by atoms with van der Waals surface area (Å²) in [7, 11) is -0.478. The molecule has 0 radical (unpaired) electrons. The van der Waals surface area contributed by atoms with Gasteiger partial charge in [-0.05, 0) is 54.3 Å². The van der Waals surface area contributed by atoms with Crippen LogP contribution >= 0.6 is 0 Å². The Balaban J connectivity index is 1.28. The van der Waals surface area contributed by atoms with E-state index in [2.05, 4.69) is 62.8 Å². The SMILES string of the molecule is COCCCN1CCOc2ccc(CO[C@H]3CN(S(=O)(=O)c4ccc(C)cc4)C[C@@H](OCCc4nn[nH]n4)[C@@H]3c3ccc(COC[C@@H](C)COC)cc3)cc21. The van der Waals surface area contributed by atoms with Crippen molar-refractivity contribution in [3.8, 4) is 5.75 Å². The molecule has 14 nitrogen and oxygen atoms in total. The van der Waals surface area contributed by atoms with E-state index in [1.807, 2.05) is 31.2 Å². The van der Waals surface area contributed by atoms with Crippen LogP contribution in [0.15, 0.2) is 71.6 Å².